The highest BCUT2D eigenvalue weighted by Gasteiger charge is 2.23. The molecule has 2 heterocycles. The molecule has 0 bridgehead atoms. The molecule has 34 heavy (non-hydrogen) atoms. The Morgan fingerprint density at radius 2 is 1.68 bits per heavy atom. The summed E-state index contributed by atoms with van der Waals surface area (Å²) in [5, 5.41) is 5.75. The van der Waals surface area contributed by atoms with Crippen LogP contribution in [0.15, 0.2) is 42.5 Å². The molecule has 0 aliphatic carbocycles. The lowest BCUT2D eigenvalue weighted by atomic mass is 10.1. The van der Waals surface area contributed by atoms with Crippen molar-refractivity contribution in [1.29, 1.82) is 0 Å². The number of hydrogen-bond donors (Lipinski definition) is 2. The van der Waals surface area contributed by atoms with Crippen molar-refractivity contribution >= 4 is 29.2 Å². The van der Waals surface area contributed by atoms with E-state index in [0.29, 0.717) is 38.5 Å². The highest BCUT2D eigenvalue weighted by atomic mass is 16.2. The zero-order chi connectivity index (χ0) is 24.5. The van der Waals surface area contributed by atoms with Crippen molar-refractivity contribution < 1.29 is 14.4 Å². The summed E-state index contributed by atoms with van der Waals surface area (Å²) in [5.74, 6) is 0.219. The Bertz CT molecular complexity index is 1000. The van der Waals surface area contributed by atoms with Crippen LogP contribution in [-0.2, 0) is 20.8 Å². The third kappa shape index (κ3) is 7.64. The molecule has 0 radical (unpaired) electrons. The van der Waals surface area contributed by atoms with E-state index in [0.717, 1.165) is 23.4 Å². The first-order valence-electron chi connectivity index (χ1n) is 11.6. The number of rotatable bonds is 9. The van der Waals surface area contributed by atoms with Gasteiger partial charge in [-0.25, -0.2) is 4.98 Å². The number of nitrogens with zero attached hydrogens (tertiary/aromatic N) is 4. The van der Waals surface area contributed by atoms with Crippen LogP contribution in [-0.4, -0.2) is 90.3 Å². The second kappa shape index (κ2) is 12.2. The number of piperazine rings is 1. The van der Waals surface area contributed by atoms with Gasteiger partial charge in [-0.15, -0.1) is 0 Å². The van der Waals surface area contributed by atoms with Crippen LogP contribution < -0.4 is 10.6 Å². The van der Waals surface area contributed by atoms with Crippen LogP contribution in [0.5, 0.6) is 0 Å². The van der Waals surface area contributed by atoms with Crippen LogP contribution in [0, 0.1) is 6.92 Å². The number of hydrogen-bond acceptors (Lipinski definition) is 6. The molecule has 1 aromatic carbocycles. The maximum atomic E-state index is 12.7. The molecule has 0 unspecified atom stereocenters. The molecule has 0 saturated carbocycles. The average Bonchev–Trinajstić information content (AvgIpc) is 2.79. The van der Waals surface area contributed by atoms with Gasteiger partial charge in [-0.3, -0.25) is 24.2 Å². The fourth-order valence-corrected chi connectivity index (χ4v) is 3.93. The van der Waals surface area contributed by atoms with E-state index >= 15 is 0 Å². The minimum Gasteiger partial charge on any atom is -0.339 e. The number of aryl methyl sites for hydroxylation is 2. The molecule has 9 nitrogen and oxygen atoms in total. The van der Waals surface area contributed by atoms with Gasteiger partial charge in [-0.1, -0.05) is 31.2 Å². The van der Waals surface area contributed by atoms with E-state index in [1.165, 1.54) is 0 Å². The lowest BCUT2D eigenvalue weighted by molar-refractivity contribution is -0.134. The van der Waals surface area contributed by atoms with E-state index < -0.39 is 0 Å². The number of pyridine rings is 1. The van der Waals surface area contributed by atoms with E-state index in [-0.39, 0.29) is 30.8 Å². The molecular weight excluding hydrogens is 432 g/mol. The number of likely N-dealkylation sites (N-methyl/N-ethyl adjacent to an activating group) is 1. The highest BCUT2D eigenvalue weighted by Crippen LogP contribution is 2.15. The molecule has 2 aromatic rings. The number of carbonyl (C=O) groups excluding carboxylic acids is 3. The Labute approximate surface area is 201 Å². The van der Waals surface area contributed by atoms with Crippen LogP contribution in [0.3, 0.4) is 0 Å². The predicted octanol–water partition coefficient (Wildman–Crippen LogP) is 1.61. The van der Waals surface area contributed by atoms with Crippen LogP contribution in [0.2, 0.25) is 0 Å². The minimum absolute atomic E-state index is 0.0232. The number of aromatic nitrogens is 1. The first-order chi connectivity index (χ1) is 16.3. The Morgan fingerprint density at radius 1 is 0.941 bits per heavy atom. The van der Waals surface area contributed by atoms with Crippen LogP contribution >= 0.6 is 0 Å². The monoisotopic (exact) mass is 466 g/mol. The molecule has 1 aliphatic heterocycles. The van der Waals surface area contributed by atoms with Gasteiger partial charge in [0.2, 0.25) is 17.7 Å². The topological polar surface area (TPSA) is 97.9 Å². The molecule has 3 rings (SSSR count). The molecule has 2 N–H and O–H groups in total. The molecule has 0 spiro atoms. The molecule has 1 aliphatic rings. The third-order valence-corrected chi connectivity index (χ3v) is 5.74. The summed E-state index contributed by atoms with van der Waals surface area (Å²) in [4.78, 5) is 47.2. The third-order valence-electron chi connectivity index (χ3n) is 5.74. The Hall–Kier alpha value is -3.30. The van der Waals surface area contributed by atoms with Gasteiger partial charge in [0.15, 0.2) is 0 Å². The van der Waals surface area contributed by atoms with Gasteiger partial charge in [0.05, 0.1) is 19.6 Å². The molecule has 1 saturated heterocycles. The van der Waals surface area contributed by atoms with Gasteiger partial charge < -0.3 is 15.5 Å². The fraction of sp³-hybridized carbons (Fsp3) is 0.440. The maximum absolute atomic E-state index is 12.7. The van der Waals surface area contributed by atoms with Crippen LogP contribution in [0.25, 0.3) is 0 Å². The first kappa shape index (κ1) is 25.3. The number of benzene rings is 1. The van der Waals surface area contributed by atoms with Gasteiger partial charge in [-0.2, -0.15) is 0 Å². The summed E-state index contributed by atoms with van der Waals surface area (Å²) in [6.07, 6.45) is 0.857. The quantitative estimate of drug-likeness (QED) is 0.583. The van der Waals surface area contributed by atoms with E-state index in [1.807, 2.05) is 43.3 Å². The van der Waals surface area contributed by atoms with Crippen molar-refractivity contribution in [1.82, 2.24) is 19.7 Å². The molecule has 1 aromatic heterocycles. The first-order valence-corrected chi connectivity index (χ1v) is 11.6. The Morgan fingerprint density at radius 3 is 2.38 bits per heavy atom. The van der Waals surface area contributed by atoms with Crippen LogP contribution in [0.1, 0.15) is 18.2 Å². The summed E-state index contributed by atoms with van der Waals surface area (Å²) in [6, 6.07) is 13.2. The lowest BCUT2D eigenvalue weighted by Gasteiger charge is -2.35. The summed E-state index contributed by atoms with van der Waals surface area (Å²) < 4.78 is 0. The van der Waals surface area contributed by atoms with Gasteiger partial charge in [0.1, 0.15) is 5.82 Å². The van der Waals surface area contributed by atoms with Gasteiger partial charge in [0, 0.05) is 37.6 Å². The smallest absolute Gasteiger partial charge is 0.239 e. The zero-order valence-electron chi connectivity index (χ0n) is 20.2. The van der Waals surface area contributed by atoms with Crippen molar-refractivity contribution in [3.8, 4) is 0 Å². The van der Waals surface area contributed by atoms with Crippen molar-refractivity contribution in [2.24, 2.45) is 0 Å². The maximum Gasteiger partial charge on any atom is 0.239 e. The summed E-state index contributed by atoms with van der Waals surface area (Å²) in [6.45, 7) is 6.87. The minimum atomic E-state index is -0.214. The molecule has 182 valence electrons. The van der Waals surface area contributed by atoms with Crippen LogP contribution in [0.4, 0.5) is 11.5 Å². The second-order valence-electron chi connectivity index (χ2n) is 8.60. The van der Waals surface area contributed by atoms with Gasteiger partial charge in [0.25, 0.3) is 0 Å². The average molecular weight is 467 g/mol. The van der Waals surface area contributed by atoms with Crippen molar-refractivity contribution in [3.05, 3.63) is 53.7 Å². The van der Waals surface area contributed by atoms with E-state index in [4.69, 9.17) is 0 Å². The molecular formula is C25H34N6O3. The molecule has 1 fully saturated rings. The van der Waals surface area contributed by atoms with Gasteiger partial charge >= 0.3 is 0 Å². The Balaban J connectivity index is 1.38. The fourth-order valence-electron chi connectivity index (χ4n) is 3.93. The number of para-hydroxylation sites is 1. The van der Waals surface area contributed by atoms with E-state index in [2.05, 4.69) is 27.4 Å². The van der Waals surface area contributed by atoms with Crippen molar-refractivity contribution in [2.75, 3.05) is 63.5 Å². The summed E-state index contributed by atoms with van der Waals surface area (Å²) >= 11 is 0. The molecule has 0 atom stereocenters. The SMILES string of the molecule is CCc1ccccc1NC(=O)CN1CCN(C(=O)CN(C)CC(=O)Nc2cccc(C)n2)CC1. The Kier molecular flexibility index (Phi) is 9.12. The summed E-state index contributed by atoms with van der Waals surface area (Å²) in [7, 11) is 1.75. The zero-order valence-corrected chi connectivity index (χ0v) is 20.2. The predicted molar refractivity (Wildman–Crippen MR) is 133 cm³/mol. The number of nitrogens with one attached hydrogen (secondary N) is 2. The lowest BCUT2D eigenvalue weighted by Crippen LogP contribution is -2.52. The van der Waals surface area contributed by atoms with Crippen molar-refractivity contribution in [2.45, 2.75) is 20.3 Å². The van der Waals surface area contributed by atoms with Gasteiger partial charge in [-0.05, 0) is 44.2 Å². The van der Waals surface area contributed by atoms with E-state index in [9.17, 15) is 14.4 Å². The highest BCUT2D eigenvalue weighted by molar-refractivity contribution is 5.93. The largest absolute Gasteiger partial charge is 0.339 e. The number of carbonyl (C=O) groups is 3. The standard InChI is InChI=1S/C25H34N6O3/c1-4-20-9-5-6-10-21(20)27-24(33)17-30-12-14-31(15-13-30)25(34)18-29(3)16-23(32)28-22-11-7-8-19(2)26-22/h5-11H,4,12-18H2,1-3H3,(H,27,33)(H,26,28,32). The second-order valence-corrected chi connectivity index (χ2v) is 8.60. The normalized spacial score (nSPS) is 14.2. The number of anilines is 2. The molecule has 3 amide bonds. The molecule has 9 heteroatoms. The van der Waals surface area contributed by atoms with E-state index in [1.54, 1.807) is 22.9 Å². The summed E-state index contributed by atoms with van der Waals surface area (Å²) in [5.41, 5.74) is 2.79. The number of amides is 3. The van der Waals surface area contributed by atoms with Crippen molar-refractivity contribution in [3.63, 3.8) is 0 Å².